The van der Waals surface area contributed by atoms with Crippen LogP contribution in [0.15, 0.2) is 0 Å². The van der Waals surface area contributed by atoms with Crippen molar-refractivity contribution < 1.29 is 13.5 Å². The minimum Gasteiger partial charge on any atom is -0.395 e. The second-order valence-corrected chi connectivity index (χ2v) is 7.87. The maximum Gasteiger partial charge on any atom is 0.216 e. The Hall–Kier alpha value is 0.220. The van der Waals surface area contributed by atoms with Gasteiger partial charge in [-0.15, -0.1) is 0 Å². The van der Waals surface area contributed by atoms with Crippen LogP contribution in [0.1, 0.15) is 13.8 Å². The molecule has 0 aromatic rings. The van der Waals surface area contributed by atoms with Crippen molar-refractivity contribution in [2.24, 2.45) is 0 Å². The molecule has 1 aliphatic heterocycles. The van der Waals surface area contributed by atoms with E-state index in [1.165, 1.54) is 4.31 Å². The summed E-state index contributed by atoms with van der Waals surface area (Å²) in [5.74, 6) is 0.672. The molecule has 0 aromatic heterocycles. The van der Waals surface area contributed by atoms with E-state index in [1.807, 2.05) is 13.8 Å². The van der Waals surface area contributed by atoms with Gasteiger partial charge in [0, 0.05) is 23.6 Å². The van der Waals surface area contributed by atoms with Gasteiger partial charge in [-0.05, 0) is 13.8 Å². The summed E-state index contributed by atoms with van der Waals surface area (Å²) in [5.41, 5.74) is 0. The van der Waals surface area contributed by atoms with Crippen molar-refractivity contribution in [2.75, 3.05) is 31.2 Å². The van der Waals surface area contributed by atoms with Gasteiger partial charge in [-0.3, -0.25) is 0 Å². The van der Waals surface area contributed by atoms with Crippen LogP contribution in [0.25, 0.3) is 0 Å². The lowest BCUT2D eigenvalue weighted by molar-refractivity contribution is 0.312. The highest BCUT2D eigenvalue weighted by atomic mass is 32.2. The van der Waals surface area contributed by atoms with Crippen LogP contribution in [0.4, 0.5) is 0 Å². The van der Waals surface area contributed by atoms with Gasteiger partial charge in [-0.25, -0.2) is 8.42 Å². The number of hydrogen-bond donors (Lipinski definition) is 1. The van der Waals surface area contributed by atoms with Crippen LogP contribution < -0.4 is 0 Å². The highest BCUT2D eigenvalue weighted by Crippen LogP contribution is 2.30. The van der Waals surface area contributed by atoms with Crippen molar-refractivity contribution in [2.45, 2.75) is 18.6 Å². The first-order valence-corrected chi connectivity index (χ1v) is 7.19. The van der Waals surface area contributed by atoms with Gasteiger partial charge in [0.1, 0.15) is 0 Å². The van der Waals surface area contributed by atoms with Crippen molar-refractivity contribution in [3.63, 3.8) is 0 Å². The van der Waals surface area contributed by atoms with E-state index in [2.05, 4.69) is 0 Å². The first-order valence-electron chi connectivity index (χ1n) is 4.60. The third kappa shape index (κ3) is 3.12. The van der Waals surface area contributed by atoms with E-state index in [4.69, 9.17) is 5.11 Å². The molecule has 0 unspecified atom stereocenters. The quantitative estimate of drug-likeness (QED) is 0.761. The summed E-state index contributed by atoms with van der Waals surface area (Å²) in [6, 6.07) is 0. The van der Waals surface area contributed by atoms with Crippen molar-refractivity contribution in [1.29, 1.82) is 0 Å². The van der Waals surface area contributed by atoms with E-state index in [0.717, 1.165) is 5.75 Å². The van der Waals surface area contributed by atoms with E-state index in [9.17, 15) is 8.42 Å². The fourth-order valence-electron chi connectivity index (χ4n) is 1.46. The Morgan fingerprint density at radius 2 is 2.14 bits per heavy atom. The lowest BCUT2D eigenvalue weighted by Gasteiger charge is -2.36. The predicted molar refractivity (Wildman–Crippen MR) is 59.0 cm³/mol. The SMILES string of the molecule is CC1(C)CN(S(=O)(=O)CCO)CCS1. The first kappa shape index (κ1) is 12.3. The second kappa shape index (κ2) is 4.38. The number of nitrogens with zero attached hydrogens (tertiary/aromatic N) is 1. The number of rotatable bonds is 3. The third-order valence-corrected chi connectivity index (χ3v) is 5.23. The zero-order valence-electron chi connectivity index (χ0n) is 8.56. The number of sulfonamides is 1. The maximum atomic E-state index is 11.6. The summed E-state index contributed by atoms with van der Waals surface area (Å²) in [4.78, 5) is 0. The summed E-state index contributed by atoms with van der Waals surface area (Å²) < 4.78 is 24.7. The number of thioether (sulfide) groups is 1. The van der Waals surface area contributed by atoms with E-state index >= 15 is 0 Å². The molecule has 1 fully saturated rings. The number of aliphatic hydroxyl groups excluding tert-OH is 1. The molecule has 1 rings (SSSR count). The largest absolute Gasteiger partial charge is 0.395 e. The van der Waals surface area contributed by atoms with Crippen molar-refractivity contribution in [3.05, 3.63) is 0 Å². The lowest BCUT2D eigenvalue weighted by atomic mass is 10.2. The second-order valence-electron chi connectivity index (χ2n) is 3.98. The summed E-state index contributed by atoms with van der Waals surface area (Å²) >= 11 is 1.79. The summed E-state index contributed by atoms with van der Waals surface area (Å²) in [5, 5.41) is 8.65. The molecule has 1 heterocycles. The molecule has 0 amide bonds. The molecule has 6 heteroatoms. The van der Waals surface area contributed by atoms with Crippen LogP contribution in [0.2, 0.25) is 0 Å². The van der Waals surface area contributed by atoms with Gasteiger partial charge in [0.15, 0.2) is 0 Å². The fourth-order valence-corrected chi connectivity index (χ4v) is 4.14. The Morgan fingerprint density at radius 3 is 2.64 bits per heavy atom. The van der Waals surface area contributed by atoms with Gasteiger partial charge >= 0.3 is 0 Å². The molecule has 0 saturated carbocycles. The van der Waals surface area contributed by atoms with Gasteiger partial charge < -0.3 is 5.11 Å². The monoisotopic (exact) mass is 239 g/mol. The number of hydrogen-bond acceptors (Lipinski definition) is 4. The Morgan fingerprint density at radius 1 is 1.50 bits per heavy atom. The van der Waals surface area contributed by atoms with Crippen LogP contribution >= 0.6 is 11.8 Å². The van der Waals surface area contributed by atoms with Gasteiger partial charge in [0.25, 0.3) is 0 Å². The Balaban J connectivity index is 2.69. The molecule has 1 aliphatic rings. The Kier molecular flexibility index (Phi) is 3.85. The molecule has 1 N–H and O–H groups in total. The molecule has 84 valence electrons. The fraction of sp³-hybridized carbons (Fsp3) is 1.00. The van der Waals surface area contributed by atoms with Crippen LogP contribution in [0.3, 0.4) is 0 Å². The predicted octanol–water partition coefficient (Wildman–Crippen LogP) is 0.136. The van der Waals surface area contributed by atoms with E-state index in [1.54, 1.807) is 11.8 Å². The first-order chi connectivity index (χ1) is 6.37. The van der Waals surface area contributed by atoms with Crippen LogP contribution in [-0.4, -0.2) is 53.8 Å². The van der Waals surface area contributed by atoms with Gasteiger partial charge in [0.2, 0.25) is 10.0 Å². The minimum absolute atomic E-state index is 0.0131. The minimum atomic E-state index is -3.23. The maximum absolute atomic E-state index is 11.6. The molecule has 1 saturated heterocycles. The van der Waals surface area contributed by atoms with Crippen molar-refractivity contribution in [1.82, 2.24) is 4.31 Å². The smallest absolute Gasteiger partial charge is 0.216 e. The summed E-state index contributed by atoms with van der Waals surface area (Å²) in [6.07, 6.45) is 0. The summed E-state index contributed by atoms with van der Waals surface area (Å²) in [7, 11) is -3.23. The zero-order valence-corrected chi connectivity index (χ0v) is 10.2. The van der Waals surface area contributed by atoms with E-state index < -0.39 is 10.0 Å². The zero-order chi connectivity index (χ0) is 10.8. The van der Waals surface area contributed by atoms with Gasteiger partial charge in [0.05, 0.1) is 12.4 Å². The number of aliphatic hydroxyl groups is 1. The highest BCUT2D eigenvalue weighted by molar-refractivity contribution is 8.00. The molecule has 14 heavy (non-hydrogen) atoms. The van der Waals surface area contributed by atoms with Crippen LogP contribution in [0, 0.1) is 0 Å². The van der Waals surface area contributed by atoms with Crippen LogP contribution in [-0.2, 0) is 10.0 Å². The van der Waals surface area contributed by atoms with E-state index in [-0.39, 0.29) is 17.1 Å². The normalized spacial score (nSPS) is 23.6. The molecule has 4 nitrogen and oxygen atoms in total. The van der Waals surface area contributed by atoms with Crippen LogP contribution in [0.5, 0.6) is 0 Å². The molecule has 0 spiro atoms. The highest BCUT2D eigenvalue weighted by Gasteiger charge is 2.33. The molecule has 0 radical (unpaired) electrons. The molecular weight excluding hydrogens is 222 g/mol. The van der Waals surface area contributed by atoms with Crippen molar-refractivity contribution >= 4 is 21.8 Å². The van der Waals surface area contributed by atoms with E-state index in [0.29, 0.717) is 13.1 Å². The van der Waals surface area contributed by atoms with Gasteiger partial charge in [-0.1, -0.05) is 0 Å². The Bertz CT molecular complexity index is 287. The Labute approximate surface area is 89.7 Å². The molecule has 0 bridgehead atoms. The average molecular weight is 239 g/mol. The standard InChI is InChI=1S/C8H17NO3S2/c1-8(2)7-9(3-5-13-8)14(11,12)6-4-10/h10H,3-7H2,1-2H3. The van der Waals surface area contributed by atoms with Crippen molar-refractivity contribution in [3.8, 4) is 0 Å². The summed E-state index contributed by atoms with van der Waals surface area (Å²) in [6.45, 7) is 4.89. The molecule has 0 atom stereocenters. The lowest BCUT2D eigenvalue weighted by Crippen LogP contribution is -2.47. The third-order valence-electron chi connectivity index (χ3n) is 2.13. The molecular formula is C8H17NO3S2. The average Bonchev–Trinajstić information content (AvgIpc) is 2.02. The topological polar surface area (TPSA) is 57.6 Å². The molecule has 0 aromatic carbocycles. The van der Waals surface area contributed by atoms with Gasteiger partial charge in [-0.2, -0.15) is 16.1 Å². The molecule has 0 aliphatic carbocycles.